The lowest BCUT2D eigenvalue weighted by Crippen LogP contribution is -2.43. The first-order valence-electron chi connectivity index (χ1n) is 12.3. The van der Waals surface area contributed by atoms with Gasteiger partial charge >= 0.3 is 0 Å². The average molecular weight is 491 g/mol. The van der Waals surface area contributed by atoms with Crippen LogP contribution >= 0.6 is 0 Å². The van der Waals surface area contributed by atoms with Crippen molar-refractivity contribution in [3.63, 3.8) is 0 Å². The summed E-state index contributed by atoms with van der Waals surface area (Å²) in [7, 11) is 0. The van der Waals surface area contributed by atoms with Gasteiger partial charge in [0.2, 0.25) is 0 Å². The molecule has 0 saturated carbocycles. The van der Waals surface area contributed by atoms with Crippen LogP contribution in [-0.2, 0) is 0 Å². The van der Waals surface area contributed by atoms with Gasteiger partial charge in [0.25, 0.3) is 5.91 Å². The number of hydrogen-bond acceptors (Lipinski definition) is 6. The van der Waals surface area contributed by atoms with E-state index in [1.54, 1.807) is 23.0 Å². The Morgan fingerprint density at radius 2 is 1.62 bits per heavy atom. The summed E-state index contributed by atoms with van der Waals surface area (Å²) in [6.45, 7) is 3.61. The van der Waals surface area contributed by atoms with Gasteiger partial charge in [-0.15, -0.1) is 0 Å². The van der Waals surface area contributed by atoms with Crippen molar-refractivity contribution in [1.29, 1.82) is 0 Å². The molecule has 0 bridgehead atoms. The molecular weight excluding hydrogens is 464 g/mol. The number of aromatic nitrogens is 3. The van der Waals surface area contributed by atoms with Crippen LogP contribution in [0.15, 0.2) is 97.3 Å². The number of nitrogens with zero attached hydrogens (tertiary/aromatic N) is 4. The van der Waals surface area contributed by atoms with E-state index in [2.05, 4.69) is 20.6 Å². The number of amides is 1. The fourth-order valence-corrected chi connectivity index (χ4v) is 4.53. The smallest absolute Gasteiger partial charge is 0.274 e. The second kappa shape index (κ2) is 10.1. The van der Waals surface area contributed by atoms with E-state index in [-0.39, 0.29) is 5.91 Å². The number of carbonyl (C=O) groups is 1. The quantitative estimate of drug-likeness (QED) is 0.354. The molecule has 1 aliphatic heterocycles. The van der Waals surface area contributed by atoms with E-state index < -0.39 is 0 Å². The molecule has 8 heteroatoms. The van der Waals surface area contributed by atoms with Crippen molar-refractivity contribution in [2.24, 2.45) is 0 Å². The lowest BCUT2D eigenvalue weighted by Gasteiger charge is -2.31. The lowest BCUT2D eigenvalue weighted by atomic mass is 10.1. The van der Waals surface area contributed by atoms with Crippen LogP contribution in [0.5, 0.6) is 11.5 Å². The zero-order valence-corrected chi connectivity index (χ0v) is 20.2. The Hall–Kier alpha value is -4.69. The molecule has 3 heterocycles. The van der Waals surface area contributed by atoms with Crippen molar-refractivity contribution in [1.82, 2.24) is 19.9 Å². The molecule has 1 saturated heterocycles. The zero-order valence-electron chi connectivity index (χ0n) is 20.2. The summed E-state index contributed by atoms with van der Waals surface area (Å²) < 4.78 is 7.82. The molecule has 8 nitrogen and oxygen atoms in total. The SMILES string of the molecule is O=C(Nc1ccccc1N1CCNCC1)c1ccn2ncc(-c3ccccc3Oc3ccccc3)c2n1. The molecule has 1 fully saturated rings. The molecule has 2 N–H and O–H groups in total. The third-order valence-electron chi connectivity index (χ3n) is 6.36. The normalized spacial score (nSPS) is 13.5. The predicted octanol–water partition coefficient (Wildman–Crippen LogP) is 4.85. The van der Waals surface area contributed by atoms with E-state index in [0.717, 1.165) is 54.4 Å². The molecule has 1 amide bonds. The highest BCUT2D eigenvalue weighted by Crippen LogP contribution is 2.35. The largest absolute Gasteiger partial charge is 0.457 e. The Balaban J connectivity index is 1.31. The van der Waals surface area contributed by atoms with Crippen molar-refractivity contribution >= 4 is 22.9 Å². The summed E-state index contributed by atoms with van der Waals surface area (Å²) in [6.07, 6.45) is 3.50. The van der Waals surface area contributed by atoms with Gasteiger partial charge in [-0.05, 0) is 36.4 Å². The van der Waals surface area contributed by atoms with E-state index in [1.807, 2.05) is 78.9 Å². The number of hydrogen-bond donors (Lipinski definition) is 2. The lowest BCUT2D eigenvalue weighted by molar-refractivity contribution is 0.102. The van der Waals surface area contributed by atoms with Gasteiger partial charge in [0.1, 0.15) is 17.2 Å². The maximum absolute atomic E-state index is 13.3. The molecule has 0 atom stereocenters. The zero-order chi connectivity index (χ0) is 25.0. The third kappa shape index (κ3) is 4.74. The summed E-state index contributed by atoms with van der Waals surface area (Å²) in [5, 5.41) is 10.9. The summed E-state index contributed by atoms with van der Waals surface area (Å²) in [6, 6.07) is 26.9. The number of para-hydroxylation sites is 4. The van der Waals surface area contributed by atoms with Crippen LogP contribution in [0.1, 0.15) is 10.5 Å². The molecule has 184 valence electrons. The van der Waals surface area contributed by atoms with Crippen LogP contribution in [-0.4, -0.2) is 46.7 Å². The summed E-state index contributed by atoms with van der Waals surface area (Å²) in [4.78, 5) is 20.3. The first-order chi connectivity index (χ1) is 18.3. The van der Waals surface area contributed by atoms with Crippen molar-refractivity contribution in [2.75, 3.05) is 36.4 Å². The molecule has 6 rings (SSSR count). The highest BCUT2D eigenvalue weighted by Gasteiger charge is 2.19. The Kier molecular flexibility index (Phi) is 6.22. The Morgan fingerprint density at radius 3 is 2.49 bits per heavy atom. The minimum absolute atomic E-state index is 0.272. The number of anilines is 2. The average Bonchev–Trinajstić information content (AvgIpc) is 3.38. The van der Waals surface area contributed by atoms with E-state index in [4.69, 9.17) is 9.72 Å². The Bertz CT molecular complexity index is 1540. The van der Waals surface area contributed by atoms with Gasteiger partial charge in [-0.25, -0.2) is 9.50 Å². The van der Waals surface area contributed by atoms with Crippen LogP contribution in [0, 0.1) is 0 Å². The molecular formula is C29H26N6O2. The van der Waals surface area contributed by atoms with Gasteiger partial charge in [-0.2, -0.15) is 5.10 Å². The monoisotopic (exact) mass is 490 g/mol. The highest BCUT2D eigenvalue weighted by atomic mass is 16.5. The molecule has 5 aromatic rings. The van der Waals surface area contributed by atoms with Gasteiger partial charge < -0.3 is 20.3 Å². The molecule has 0 unspecified atom stereocenters. The second-order valence-electron chi connectivity index (χ2n) is 8.76. The van der Waals surface area contributed by atoms with Crippen molar-refractivity contribution < 1.29 is 9.53 Å². The highest BCUT2D eigenvalue weighted by molar-refractivity contribution is 6.05. The van der Waals surface area contributed by atoms with Gasteiger partial charge in [-0.3, -0.25) is 4.79 Å². The first kappa shape index (κ1) is 22.8. The number of carbonyl (C=O) groups excluding carboxylic acids is 1. The van der Waals surface area contributed by atoms with Gasteiger partial charge in [0, 0.05) is 37.9 Å². The Morgan fingerprint density at radius 1 is 0.865 bits per heavy atom. The summed E-state index contributed by atoms with van der Waals surface area (Å²) in [5.41, 5.74) is 4.29. The summed E-state index contributed by atoms with van der Waals surface area (Å²) in [5.74, 6) is 1.15. The number of ether oxygens (including phenoxy) is 1. The number of piperazine rings is 1. The van der Waals surface area contributed by atoms with Gasteiger partial charge in [0.15, 0.2) is 5.65 Å². The van der Waals surface area contributed by atoms with Crippen molar-refractivity contribution in [2.45, 2.75) is 0 Å². The van der Waals surface area contributed by atoms with Gasteiger partial charge in [-0.1, -0.05) is 48.5 Å². The van der Waals surface area contributed by atoms with E-state index in [0.29, 0.717) is 17.1 Å². The maximum atomic E-state index is 13.3. The third-order valence-corrected chi connectivity index (χ3v) is 6.36. The molecule has 1 aliphatic rings. The number of fused-ring (bicyclic) bond motifs is 1. The van der Waals surface area contributed by atoms with Crippen LogP contribution in [0.2, 0.25) is 0 Å². The number of benzene rings is 3. The second-order valence-corrected chi connectivity index (χ2v) is 8.76. The van der Waals surface area contributed by atoms with E-state index >= 15 is 0 Å². The minimum Gasteiger partial charge on any atom is -0.457 e. The van der Waals surface area contributed by atoms with Gasteiger partial charge in [0.05, 0.1) is 23.1 Å². The number of rotatable bonds is 6. The van der Waals surface area contributed by atoms with Crippen LogP contribution in [0.3, 0.4) is 0 Å². The standard InChI is InChI=1S/C29H26N6O2/c36-29(33-24-11-5-6-12-26(24)34-18-15-30-16-19-34)25-14-17-35-28(32-25)23(20-31-35)22-10-4-7-13-27(22)37-21-8-2-1-3-9-21/h1-14,17,20,30H,15-16,18-19H2,(H,33,36). The predicted molar refractivity (Wildman–Crippen MR) is 144 cm³/mol. The maximum Gasteiger partial charge on any atom is 0.274 e. The van der Waals surface area contributed by atoms with Crippen molar-refractivity contribution in [3.8, 4) is 22.6 Å². The van der Waals surface area contributed by atoms with E-state index in [1.165, 1.54) is 0 Å². The van der Waals surface area contributed by atoms with Crippen LogP contribution in [0.4, 0.5) is 11.4 Å². The van der Waals surface area contributed by atoms with Crippen molar-refractivity contribution in [3.05, 3.63) is 103 Å². The number of nitrogens with one attached hydrogen (secondary N) is 2. The minimum atomic E-state index is -0.272. The first-order valence-corrected chi connectivity index (χ1v) is 12.3. The molecule has 37 heavy (non-hydrogen) atoms. The summed E-state index contributed by atoms with van der Waals surface area (Å²) >= 11 is 0. The topological polar surface area (TPSA) is 83.8 Å². The molecule has 0 aliphatic carbocycles. The molecule has 0 radical (unpaired) electrons. The van der Waals surface area contributed by atoms with E-state index in [9.17, 15) is 4.79 Å². The fraction of sp³-hybridized carbons (Fsp3) is 0.138. The Labute approximate surface area is 214 Å². The molecule has 3 aromatic carbocycles. The van der Waals surface area contributed by atoms with Crippen LogP contribution < -0.4 is 20.3 Å². The van der Waals surface area contributed by atoms with Crippen LogP contribution in [0.25, 0.3) is 16.8 Å². The molecule has 2 aromatic heterocycles. The molecule has 0 spiro atoms. The fourth-order valence-electron chi connectivity index (χ4n) is 4.53.